The summed E-state index contributed by atoms with van der Waals surface area (Å²) in [6.45, 7) is 7.33. The molecule has 4 nitrogen and oxygen atoms in total. The first kappa shape index (κ1) is 20.9. The van der Waals surface area contributed by atoms with Gasteiger partial charge in [0.2, 0.25) is 0 Å². The SMILES string of the molecule is CCOc1ccccc1-c1ccc([C@H]2COCC[C@@H]2CS(=O)(=O)C(C)C)cc1. The molecule has 2 aromatic rings. The second-order valence-corrected chi connectivity index (χ2v) is 10.3. The first-order valence-electron chi connectivity index (χ1n) is 10.0. The summed E-state index contributed by atoms with van der Waals surface area (Å²) in [5.41, 5.74) is 3.30. The smallest absolute Gasteiger partial charge is 0.152 e. The Hall–Kier alpha value is -1.85. The fourth-order valence-corrected chi connectivity index (χ4v) is 5.12. The van der Waals surface area contributed by atoms with Crippen molar-refractivity contribution < 1.29 is 17.9 Å². The molecular formula is C23H30O4S. The summed E-state index contributed by atoms with van der Waals surface area (Å²) in [7, 11) is -3.07. The maximum Gasteiger partial charge on any atom is 0.152 e. The van der Waals surface area contributed by atoms with Crippen molar-refractivity contribution in [3.63, 3.8) is 0 Å². The monoisotopic (exact) mass is 402 g/mol. The van der Waals surface area contributed by atoms with Gasteiger partial charge in [-0.25, -0.2) is 8.42 Å². The van der Waals surface area contributed by atoms with Crippen LogP contribution < -0.4 is 4.74 Å². The van der Waals surface area contributed by atoms with Gasteiger partial charge in [0.1, 0.15) is 5.75 Å². The van der Waals surface area contributed by atoms with Crippen LogP contribution in [0.5, 0.6) is 5.75 Å². The maximum atomic E-state index is 12.5. The molecule has 1 fully saturated rings. The molecule has 0 amide bonds. The Morgan fingerprint density at radius 1 is 1.11 bits per heavy atom. The summed E-state index contributed by atoms with van der Waals surface area (Å²) >= 11 is 0. The van der Waals surface area contributed by atoms with Crippen LogP contribution in [-0.4, -0.2) is 39.2 Å². The van der Waals surface area contributed by atoms with E-state index < -0.39 is 9.84 Å². The number of hydrogen-bond acceptors (Lipinski definition) is 4. The molecule has 0 N–H and O–H groups in total. The summed E-state index contributed by atoms with van der Waals surface area (Å²) in [6.07, 6.45) is 0.783. The van der Waals surface area contributed by atoms with Crippen LogP contribution in [0.1, 0.15) is 38.7 Å². The third-order valence-corrected chi connectivity index (χ3v) is 7.83. The first-order valence-corrected chi connectivity index (χ1v) is 11.8. The largest absolute Gasteiger partial charge is 0.493 e. The highest BCUT2D eigenvalue weighted by Crippen LogP contribution is 2.35. The van der Waals surface area contributed by atoms with E-state index in [4.69, 9.17) is 9.47 Å². The molecule has 0 bridgehead atoms. The molecule has 1 aliphatic heterocycles. The van der Waals surface area contributed by atoms with Crippen LogP contribution >= 0.6 is 0 Å². The van der Waals surface area contributed by atoms with E-state index in [1.807, 2.05) is 25.1 Å². The fourth-order valence-electron chi connectivity index (χ4n) is 3.74. The lowest BCUT2D eigenvalue weighted by molar-refractivity contribution is 0.0531. The van der Waals surface area contributed by atoms with E-state index in [2.05, 4.69) is 30.3 Å². The third-order valence-electron chi connectivity index (χ3n) is 5.50. The number of sulfone groups is 1. The number of hydrogen-bond donors (Lipinski definition) is 0. The summed E-state index contributed by atoms with van der Waals surface area (Å²) in [6, 6.07) is 16.4. The Labute approximate surface area is 168 Å². The van der Waals surface area contributed by atoms with Gasteiger partial charge in [0, 0.05) is 18.1 Å². The molecule has 1 heterocycles. The fraction of sp³-hybridized carbons (Fsp3) is 0.478. The average molecular weight is 403 g/mol. The van der Waals surface area contributed by atoms with Crippen LogP contribution in [0.15, 0.2) is 48.5 Å². The van der Waals surface area contributed by atoms with Gasteiger partial charge in [-0.15, -0.1) is 0 Å². The van der Waals surface area contributed by atoms with Gasteiger partial charge in [-0.05, 0) is 50.3 Å². The van der Waals surface area contributed by atoms with Crippen molar-refractivity contribution in [3.05, 3.63) is 54.1 Å². The van der Waals surface area contributed by atoms with Crippen molar-refractivity contribution in [2.24, 2.45) is 5.92 Å². The molecule has 0 saturated carbocycles. The number of benzene rings is 2. The van der Waals surface area contributed by atoms with Gasteiger partial charge < -0.3 is 9.47 Å². The predicted molar refractivity (Wildman–Crippen MR) is 114 cm³/mol. The van der Waals surface area contributed by atoms with Crippen LogP contribution in [0.4, 0.5) is 0 Å². The molecule has 0 aromatic heterocycles. The van der Waals surface area contributed by atoms with Gasteiger partial charge in [-0.1, -0.05) is 42.5 Å². The maximum absolute atomic E-state index is 12.5. The van der Waals surface area contributed by atoms with Crippen LogP contribution in [-0.2, 0) is 14.6 Å². The molecule has 2 aromatic carbocycles. The molecule has 28 heavy (non-hydrogen) atoms. The van der Waals surface area contributed by atoms with Gasteiger partial charge in [0.05, 0.1) is 24.2 Å². The molecule has 0 spiro atoms. The Kier molecular flexibility index (Phi) is 6.78. The summed E-state index contributed by atoms with van der Waals surface area (Å²) in [4.78, 5) is 0. The van der Waals surface area contributed by atoms with Crippen LogP contribution in [0.2, 0.25) is 0 Å². The van der Waals surface area contributed by atoms with Gasteiger partial charge >= 0.3 is 0 Å². The number of ether oxygens (including phenoxy) is 2. The van der Waals surface area contributed by atoms with Crippen LogP contribution in [0.3, 0.4) is 0 Å². The lowest BCUT2D eigenvalue weighted by Crippen LogP contribution is -2.33. The van der Waals surface area contributed by atoms with E-state index in [-0.39, 0.29) is 22.8 Å². The molecule has 3 rings (SSSR count). The van der Waals surface area contributed by atoms with Crippen molar-refractivity contribution in [1.82, 2.24) is 0 Å². The van der Waals surface area contributed by atoms with E-state index in [1.165, 1.54) is 0 Å². The molecular weight excluding hydrogens is 372 g/mol. The van der Waals surface area contributed by atoms with E-state index >= 15 is 0 Å². The molecule has 2 atom stereocenters. The zero-order valence-electron chi connectivity index (χ0n) is 16.9. The quantitative estimate of drug-likeness (QED) is 0.674. The zero-order chi connectivity index (χ0) is 20.1. The van der Waals surface area contributed by atoms with Crippen LogP contribution in [0, 0.1) is 5.92 Å². The molecule has 1 aliphatic rings. The average Bonchev–Trinajstić information content (AvgIpc) is 2.69. The predicted octanol–water partition coefficient (Wildman–Crippen LogP) is 4.70. The Morgan fingerprint density at radius 2 is 1.82 bits per heavy atom. The van der Waals surface area contributed by atoms with E-state index in [0.29, 0.717) is 19.8 Å². The van der Waals surface area contributed by atoms with Crippen molar-refractivity contribution in [2.45, 2.75) is 38.4 Å². The standard InChI is InChI=1S/C23H30O4S/c1-4-27-23-8-6-5-7-21(23)18-9-11-19(12-10-18)22-15-26-14-13-20(22)16-28(24,25)17(2)3/h5-12,17,20,22H,4,13-16H2,1-3H3/t20-,22-/m1/s1. The first-order chi connectivity index (χ1) is 13.4. The minimum absolute atomic E-state index is 0.0997. The summed E-state index contributed by atoms with van der Waals surface area (Å²) in [5.74, 6) is 1.31. The summed E-state index contributed by atoms with van der Waals surface area (Å²) < 4.78 is 36.4. The lowest BCUT2D eigenvalue weighted by Gasteiger charge is -2.32. The van der Waals surface area contributed by atoms with Gasteiger partial charge in [0.15, 0.2) is 9.84 Å². The molecule has 0 aliphatic carbocycles. The van der Waals surface area contributed by atoms with Crippen LogP contribution in [0.25, 0.3) is 11.1 Å². The Balaban J connectivity index is 1.83. The molecule has 152 valence electrons. The minimum Gasteiger partial charge on any atom is -0.493 e. The highest BCUT2D eigenvalue weighted by atomic mass is 32.2. The second kappa shape index (κ2) is 9.10. The Bertz CT molecular complexity index is 872. The molecule has 0 unspecified atom stereocenters. The highest BCUT2D eigenvalue weighted by molar-refractivity contribution is 7.91. The molecule has 1 saturated heterocycles. The number of rotatable bonds is 7. The van der Waals surface area contributed by atoms with E-state index in [9.17, 15) is 8.42 Å². The normalized spacial score (nSPS) is 20.3. The van der Waals surface area contributed by atoms with Gasteiger partial charge in [-0.3, -0.25) is 0 Å². The zero-order valence-corrected chi connectivity index (χ0v) is 17.7. The van der Waals surface area contributed by atoms with Crippen molar-refractivity contribution in [1.29, 1.82) is 0 Å². The second-order valence-electron chi connectivity index (χ2n) is 7.66. The van der Waals surface area contributed by atoms with Crippen molar-refractivity contribution in [2.75, 3.05) is 25.6 Å². The summed E-state index contributed by atoms with van der Waals surface area (Å²) in [5, 5.41) is -0.339. The van der Waals surface area contributed by atoms with Gasteiger partial charge in [0.25, 0.3) is 0 Å². The van der Waals surface area contributed by atoms with E-state index in [1.54, 1.807) is 13.8 Å². The van der Waals surface area contributed by atoms with Gasteiger partial charge in [-0.2, -0.15) is 0 Å². The third kappa shape index (κ3) is 4.76. The Morgan fingerprint density at radius 3 is 2.50 bits per heavy atom. The van der Waals surface area contributed by atoms with Crippen molar-refractivity contribution >= 4 is 9.84 Å². The van der Waals surface area contributed by atoms with E-state index in [0.717, 1.165) is 28.9 Å². The number of para-hydroxylation sites is 1. The topological polar surface area (TPSA) is 52.6 Å². The van der Waals surface area contributed by atoms with Crippen molar-refractivity contribution in [3.8, 4) is 16.9 Å². The lowest BCUT2D eigenvalue weighted by atomic mass is 9.84. The molecule has 5 heteroatoms. The molecule has 0 radical (unpaired) electrons. The minimum atomic E-state index is -3.07. The highest BCUT2D eigenvalue weighted by Gasteiger charge is 2.32.